The quantitative estimate of drug-likeness (QED) is 0.498. The fraction of sp³-hybridized carbons (Fsp3) is 0.481. The molecule has 1 heterocycles. The maximum Gasteiger partial charge on any atom is 0.243 e. The summed E-state index contributed by atoms with van der Waals surface area (Å²) in [6.07, 6.45) is 12.3. The number of carbonyl (C=O) groups excluding carboxylic acids is 1. The number of imidazole rings is 1. The molecule has 2 aliphatic rings. The first-order chi connectivity index (χ1) is 15.3. The number of benzene rings is 2. The van der Waals surface area contributed by atoms with E-state index in [1.165, 1.54) is 64.2 Å². The Hall–Kier alpha value is -2.62. The zero-order valence-electron chi connectivity index (χ0n) is 18.4. The second-order valence-corrected chi connectivity index (χ2v) is 9.26. The van der Waals surface area contributed by atoms with Crippen molar-refractivity contribution in [1.29, 1.82) is 0 Å². The molecule has 2 aliphatic carbocycles. The van der Waals surface area contributed by atoms with Gasteiger partial charge in [0.25, 0.3) is 0 Å². The minimum atomic E-state index is 0.277. The molecule has 31 heavy (non-hydrogen) atoms. The average molecular weight is 416 g/mol. The lowest BCUT2D eigenvalue weighted by Gasteiger charge is -2.42. The summed E-state index contributed by atoms with van der Waals surface area (Å²) in [6, 6.07) is 19.3. The monoisotopic (exact) mass is 415 g/mol. The Balaban J connectivity index is 1.50. The molecule has 0 bridgehead atoms. The van der Waals surface area contributed by atoms with Crippen LogP contribution < -0.4 is 0 Å². The second kappa shape index (κ2) is 9.25. The highest BCUT2D eigenvalue weighted by molar-refractivity contribution is 5.84. The van der Waals surface area contributed by atoms with Crippen molar-refractivity contribution >= 4 is 16.9 Å². The van der Waals surface area contributed by atoms with Crippen LogP contribution in [0, 0.1) is 0 Å². The van der Waals surface area contributed by atoms with Crippen LogP contribution in [0.1, 0.15) is 64.2 Å². The fourth-order valence-electron chi connectivity index (χ4n) is 5.68. The van der Waals surface area contributed by atoms with Gasteiger partial charge in [0.05, 0.1) is 11.0 Å². The number of aromatic nitrogens is 2. The molecule has 0 atom stereocenters. The Labute approximate surface area is 185 Å². The molecule has 1 aromatic heterocycles. The summed E-state index contributed by atoms with van der Waals surface area (Å²) in [6.45, 7) is 0.373. The van der Waals surface area contributed by atoms with Gasteiger partial charge in [-0.2, -0.15) is 0 Å². The molecule has 3 aromatic rings. The van der Waals surface area contributed by atoms with E-state index in [-0.39, 0.29) is 5.91 Å². The molecule has 2 fully saturated rings. The number of carbonyl (C=O) groups is 1. The van der Waals surface area contributed by atoms with E-state index in [0.717, 1.165) is 22.4 Å². The molecular formula is C27H33N3O. The molecule has 0 unspecified atom stereocenters. The zero-order chi connectivity index (χ0) is 21.0. The van der Waals surface area contributed by atoms with Gasteiger partial charge in [0, 0.05) is 17.6 Å². The fourth-order valence-corrected chi connectivity index (χ4v) is 5.68. The summed E-state index contributed by atoms with van der Waals surface area (Å²) >= 11 is 0. The van der Waals surface area contributed by atoms with E-state index in [9.17, 15) is 4.79 Å². The highest BCUT2D eigenvalue weighted by atomic mass is 16.2. The number of hydrogen-bond acceptors (Lipinski definition) is 2. The summed E-state index contributed by atoms with van der Waals surface area (Å²) < 4.78 is 2.14. The number of amides is 1. The molecule has 4 nitrogen and oxygen atoms in total. The van der Waals surface area contributed by atoms with Gasteiger partial charge < -0.3 is 9.47 Å². The van der Waals surface area contributed by atoms with Crippen molar-refractivity contribution in [2.75, 3.05) is 0 Å². The molecule has 0 aliphatic heterocycles. The topological polar surface area (TPSA) is 38.1 Å². The normalized spacial score (nSPS) is 18.3. The lowest BCUT2D eigenvalue weighted by molar-refractivity contribution is -0.138. The lowest BCUT2D eigenvalue weighted by atomic mass is 9.88. The third-order valence-corrected chi connectivity index (χ3v) is 7.20. The van der Waals surface area contributed by atoms with Crippen molar-refractivity contribution in [3.63, 3.8) is 0 Å². The van der Waals surface area contributed by atoms with Crippen molar-refractivity contribution in [1.82, 2.24) is 14.5 Å². The Bertz CT molecular complexity index is 995. The molecular weight excluding hydrogens is 382 g/mol. The van der Waals surface area contributed by atoms with Crippen LogP contribution in [0.3, 0.4) is 0 Å². The molecule has 1 amide bonds. The van der Waals surface area contributed by atoms with Crippen LogP contribution in [0.5, 0.6) is 0 Å². The third kappa shape index (κ3) is 4.26. The van der Waals surface area contributed by atoms with Crippen molar-refractivity contribution in [2.24, 2.45) is 0 Å². The first kappa shape index (κ1) is 20.3. The van der Waals surface area contributed by atoms with Gasteiger partial charge in [-0.25, -0.2) is 4.98 Å². The smallest absolute Gasteiger partial charge is 0.243 e. The molecule has 162 valence electrons. The van der Waals surface area contributed by atoms with Crippen LogP contribution in [0.15, 0.2) is 54.6 Å². The molecule has 0 radical (unpaired) electrons. The van der Waals surface area contributed by atoms with Gasteiger partial charge in [0.2, 0.25) is 5.91 Å². The SMILES string of the molecule is O=C(Cn1c(-c2ccccc2)nc2ccccc21)N(C1CCCCC1)C1CCCCC1. The summed E-state index contributed by atoms with van der Waals surface area (Å²) in [7, 11) is 0. The standard InChI is InChI=1S/C27H33N3O/c31-26(30(22-14-6-2-7-15-22)23-16-8-3-9-17-23)20-29-25-19-11-10-18-24(25)28-27(29)21-12-4-1-5-13-21/h1,4-5,10-13,18-19,22-23H,2-3,6-9,14-17,20H2. The Morgan fingerprint density at radius 1 is 0.806 bits per heavy atom. The van der Waals surface area contributed by atoms with Crippen LogP contribution in [-0.2, 0) is 11.3 Å². The van der Waals surface area contributed by atoms with Gasteiger partial charge in [-0.1, -0.05) is 81.0 Å². The van der Waals surface area contributed by atoms with Crippen LogP contribution in [-0.4, -0.2) is 32.4 Å². The van der Waals surface area contributed by atoms with Gasteiger partial charge in [-0.3, -0.25) is 4.79 Å². The largest absolute Gasteiger partial charge is 0.335 e. The lowest BCUT2D eigenvalue weighted by Crippen LogP contribution is -2.50. The van der Waals surface area contributed by atoms with Gasteiger partial charge >= 0.3 is 0 Å². The number of fused-ring (bicyclic) bond motifs is 1. The van der Waals surface area contributed by atoms with Crippen molar-refractivity contribution in [3.8, 4) is 11.4 Å². The van der Waals surface area contributed by atoms with E-state index in [1.54, 1.807) is 0 Å². The van der Waals surface area contributed by atoms with Crippen LogP contribution >= 0.6 is 0 Å². The predicted molar refractivity (Wildman–Crippen MR) is 126 cm³/mol. The molecule has 4 heteroatoms. The van der Waals surface area contributed by atoms with E-state index in [0.29, 0.717) is 18.6 Å². The second-order valence-electron chi connectivity index (χ2n) is 9.26. The first-order valence-corrected chi connectivity index (χ1v) is 12.1. The molecule has 2 saturated carbocycles. The summed E-state index contributed by atoms with van der Waals surface area (Å²) in [4.78, 5) is 21.1. The average Bonchev–Trinajstić information content (AvgIpc) is 3.20. The Kier molecular flexibility index (Phi) is 6.06. The highest BCUT2D eigenvalue weighted by Crippen LogP contribution is 2.31. The van der Waals surface area contributed by atoms with Gasteiger partial charge in [0.15, 0.2) is 0 Å². The van der Waals surface area contributed by atoms with Crippen molar-refractivity contribution in [3.05, 3.63) is 54.6 Å². The summed E-state index contributed by atoms with van der Waals surface area (Å²) in [5.74, 6) is 1.17. The summed E-state index contributed by atoms with van der Waals surface area (Å²) in [5.41, 5.74) is 3.06. The van der Waals surface area contributed by atoms with Crippen molar-refractivity contribution in [2.45, 2.75) is 82.8 Å². The molecule has 5 rings (SSSR count). The Morgan fingerprint density at radius 3 is 2.03 bits per heavy atom. The minimum absolute atomic E-state index is 0.277. The molecule has 0 saturated heterocycles. The Morgan fingerprint density at radius 2 is 1.39 bits per heavy atom. The molecule has 0 N–H and O–H groups in total. The van der Waals surface area contributed by atoms with Crippen molar-refractivity contribution < 1.29 is 4.79 Å². The van der Waals surface area contributed by atoms with Crippen LogP contribution in [0.2, 0.25) is 0 Å². The molecule has 0 spiro atoms. The van der Waals surface area contributed by atoms with E-state index < -0.39 is 0 Å². The maximum atomic E-state index is 13.9. The highest BCUT2D eigenvalue weighted by Gasteiger charge is 2.33. The van der Waals surface area contributed by atoms with Gasteiger partial charge in [-0.05, 0) is 37.8 Å². The van der Waals surface area contributed by atoms with E-state index in [1.807, 2.05) is 36.4 Å². The van der Waals surface area contributed by atoms with E-state index in [2.05, 4.69) is 27.7 Å². The van der Waals surface area contributed by atoms with E-state index >= 15 is 0 Å². The van der Waals surface area contributed by atoms with Crippen LogP contribution in [0.4, 0.5) is 0 Å². The number of nitrogens with zero attached hydrogens (tertiary/aromatic N) is 3. The number of rotatable bonds is 5. The van der Waals surface area contributed by atoms with Gasteiger partial charge in [-0.15, -0.1) is 0 Å². The minimum Gasteiger partial charge on any atom is -0.335 e. The number of hydrogen-bond donors (Lipinski definition) is 0. The predicted octanol–water partition coefficient (Wildman–Crippen LogP) is 6.20. The maximum absolute atomic E-state index is 13.9. The van der Waals surface area contributed by atoms with Crippen LogP contribution in [0.25, 0.3) is 22.4 Å². The van der Waals surface area contributed by atoms with E-state index in [4.69, 9.17) is 4.98 Å². The summed E-state index contributed by atoms with van der Waals surface area (Å²) in [5, 5.41) is 0. The van der Waals surface area contributed by atoms with Gasteiger partial charge in [0.1, 0.15) is 12.4 Å². The zero-order valence-corrected chi connectivity index (χ0v) is 18.4. The molecule has 2 aromatic carbocycles. The first-order valence-electron chi connectivity index (χ1n) is 12.1. The number of para-hydroxylation sites is 2. The third-order valence-electron chi connectivity index (χ3n) is 7.20.